The van der Waals surface area contributed by atoms with Gasteiger partial charge >= 0.3 is 0 Å². The molecule has 5 heteroatoms. The highest BCUT2D eigenvalue weighted by molar-refractivity contribution is 7.90. The number of alkyl halides is 1. The molecule has 3 nitrogen and oxygen atoms in total. The van der Waals surface area contributed by atoms with Crippen molar-refractivity contribution >= 4 is 21.4 Å². The van der Waals surface area contributed by atoms with E-state index in [2.05, 4.69) is 0 Å². The Morgan fingerprint density at radius 2 is 1.75 bits per heavy atom. The van der Waals surface area contributed by atoms with Crippen LogP contribution in [-0.2, 0) is 15.7 Å². The molecule has 0 aliphatic rings. The van der Waals surface area contributed by atoms with Crippen molar-refractivity contribution in [2.45, 2.75) is 17.7 Å². The van der Waals surface area contributed by atoms with Gasteiger partial charge in [-0.15, -0.1) is 11.6 Å². The lowest BCUT2D eigenvalue weighted by molar-refractivity contribution is 0.478. The number of hydrogen-bond acceptors (Lipinski definition) is 3. The fourth-order valence-electron chi connectivity index (χ4n) is 1.79. The van der Waals surface area contributed by atoms with Gasteiger partial charge in [0.25, 0.3) is 0 Å². The van der Waals surface area contributed by atoms with E-state index in [0.29, 0.717) is 11.6 Å². The van der Waals surface area contributed by atoms with Crippen LogP contribution < -0.4 is 4.74 Å². The first-order valence-electron chi connectivity index (χ1n) is 6.03. The van der Waals surface area contributed by atoms with Gasteiger partial charge in [-0.1, -0.05) is 12.1 Å². The maximum absolute atomic E-state index is 11.4. The van der Waals surface area contributed by atoms with Crippen molar-refractivity contribution in [3.8, 4) is 11.5 Å². The van der Waals surface area contributed by atoms with E-state index < -0.39 is 9.84 Å². The summed E-state index contributed by atoms with van der Waals surface area (Å²) in [6.45, 7) is 1.94. The van der Waals surface area contributed by atoms with Crippen LogP contribution in [0.4, 0.5) is 0 Å². The topological polar surface area (TPSA) is 43.4 Å². The monoisotopic (exact) mass is 310 g/mol. The summed E-state index contributed by atoms with van der Waals surface area (Å²) in [4.78, 5) is 0.277. The number of rotatable bonds is 4. The smallest absolute Gasteiger partial charge is 0.175 e. The molecule has 0 saturated heterocycles. The number of ether oxygens (including phenoxy) is 1. The van der Waals surface area contributed by atoms with Crippen LogP contribution in [0.5, 0.6) is 11.5 Å². The molecule has 0 aromatic heterocycles. The van der Waals surface area contributed by atoms with Crippen LogP contribution >= 0.6 is 11.6 Å². The number of halogens is 1. The molecule has 0 bridgehead atoms. The standard InChI is InChI=1S/C15H15ClO3S/c1-11-9-12(10-16)3-8-15(11)19-13-4-6-14(7-5-13)20(2,17)18/h3-9H,10H2,1-2H3. The lowest BCUT2D eigenvalue weighted by Gasteiger charge is -2.10. The van der Waals surface area contributed by atoms with E-state index >= 15 is 0 Å². The van der Waals surface area contributed by atoms with E-state index in [0.717, 1.165) is 16.9 Å². The van der Waals surface area contributed by atoms with Crippen LogP contribution in [0.3, 0.4) is 0 Å². The van der Waals surface area contributed by atoms with E-state index in [1.165, 1.54) is 18.4 Å². The highest BCUT2D eigenvalue weighted by Gasteiger charge is 2.07. The van der Waals surface area contributed by atoms with Gasteiger partial charge in [-0.05, 0) is 48.4 Å². The van der Waals surface area contributed by atoms with Crippen molar-refractivity contribution in [2.24, 2.45) is 0 Å². The molecule has 0 fully saturated rings. The lowest BCUT2D eigenvalue weighted by atomic mass is 10.1. The normalized spacial score (nSPS) is 11.3. The molecule has 0 aliphatic heterocycles. The zero-order valence-electron chi connectivity index (χ0n) is 11.3. The van der Waals surface area contributed by atoms with Crippen LogP contribution in [0.2, 0.25) is 0 Å². The molecule has 0 atom stereocenters. The second-order valence-corrected chi connectivity index (χ2v) is 6.86. The van der Waals surface area contributed by atoms with Crippen LogP contribution in [0.15, 0.2) is 47.4 Å². The fourth-order valence-corrected chi connectivity index (χ4v) is 2.59. The van der Waals surface area contributed by atoms with E-state index in [4.69, 9.17) is 16.3 Å². The fraction of sp³-hybridized carbons (Fsp3) is 0.200. The number of aryl methyl sites for hydroxylation is 1. The van der Waals surface area contributed by atoms with Gasteiger partial charge in [0, 0.05) is 12.1 Å². The lowest BCUT2D eigenvalue weighted by Crippen LogP contribution is -1.96. The van der Waals surface area contributed by atoms with Crippen molar-refractivity contribution in [3.05, 3.63) is 53.6 Å². The van der Waals surface area contributed by atoms with E-state index in [-0.39, 0.29) is 4.90 Å². The molecule has 0 heterocycles. The minimum Gasteiger partial charge on any atom is -0.457 e. The van der Waals surface area contributed by atoms with E-state index in [1.807, 2.05) is 25.1 Å². The molecule has 2 aromatic carbocycles. The highest BCUT2D eigenvalue weighted by Crippen LogP contribution is 2.27. The molecule has 0 unspecified atom stereocenters. The highest BCUT2D eigenvalue weighted by atomic mass is 35.5. The van der Waals surface area contributed by atoms with Gasteiger partial charge in [-0.2, -0.15) is 0 Å². The third-order valence-corrected chi connectivity index (χ3v) is 4.31. The average Bonchev–Trinajstić information content (AvgIpc) is 2.40. The largest absolute Gasteiger partial charge is 0.457 e. The zero-order chi connectivity index (χ0) is 14.8. The van der Waals surface area contributed by atoms with E-state index in [1.54, 1.807) is 12.1 Å². The van der Waals surface area contributed by atoms with Crippen LogP contribution in [0.25, 0.3) is 0 Å². The molecule has 0 saturated carbocycles. The molecule has 0 aliphatic carbocycles. The van der Waals surface area contributed by atoms with Crippen LogP contribution in [0, 0.1) is 6.92 Å². The predicted molar refractivity (Wildman–Crippen MR) is 80.4 cm³/mol. The van der Waals surface area contributed by atoms with Gasteiger partial charge in [0.05, 0.1) is 4.90 Å². The first-order chi connectivity index (χ1) is 9.40. The molecule has 0 amide bonds. The summed E-state index contributed by atoms with van der Waals surface area (Å²) in [6.07, 6.45) is 1.18. The maximum atomic E-state index is 11.4. The van der Waals surface area contributed by atoms with Crippen molar-refractivity contribution in [3.63, 3.8) is 0 Å². The Morgan fingerprint density at radius 3 is 2.25 bits per heavy atom. The van der Waals surface area contributed by atoms with Gasteiger partial charge in [0.1, 0.15) is 11.5 Å². The molecule has 106 valence electrons. The van der Waals surface area contributed by atoms with Gasteiger partial charge < -0.3 is 4.74 Å². The molecule has 0 radical (unpaired) electrons. The Hall–Kier alpha value is -1.52. The predicted octanol–water partition coefficient (Wildman–Crippen LogP) is 3.93. The third-order valence-electron chi connectivity index (χ3n) is 2.87. The maximum Gasteiger partial charge on any atom is 0.175 e. The Morgan fingerprint density at radius 1 is 1.10 bits per heavy atom. The summed E-state index contributed by atoms with van der Waals surface area (Å²) in [5.41, 5.74) is 2.01. The van der Waals surface area contributed by atoms with Crippen molar-refractivity contribution in [1.82, 2.24) is 0 Å². The third kappa shape index (κ3) is 3.52. The second kappa shape index (κ2) is 5.85. The summed E-state index contributed by atoms with van der Waals surface area (Å²) in [7, 11) is -3.18. The van der Waals surface area contributed by atoms with Crippen molar-refractivity contribution in [2.75, 3.05) is 6.26 Å². The molecule has 0 N–H and O–H groups in total. The first-order valence-corrected chi connectivity index (χ1v) is 8.46. The summed E-state index contributed by atoms with van der Waals surface area (Å²) in [5.74, 6) is 1.79. The molecule has 2 rings (SSSR count). The Kier molecular flexibility index (Phi) is 4.35. The summed E-state index contributed by atoms with van der Waals surface area (Å²) >= 11 is 5.77. The molecule has 20 heavy (non-hydrogen) atoms. The minimum atomic E-state index is -3.18. The SMILES string of the molecule is Cc1cc(CCl)ccc1Oc1ccc(S(C)(=O)=O)cc1. The molecule has 2 aromatic rings. The quantitative estimate of drug-likeness (QED) is 0.804. The Balaban J connectivity index is 2.22. The van der Waals surface area contributed by atoms with Crippen molar-refractivity contribution in [1.29, 1.82) is 0 Å². The zero-order valence-corrected chi connectivity index (χ0v) is 12.8. The molecule has 0 spiro atoms. The number of sulfone groups is 1. The van der Waals surface area contributed by atoms with E-state index in [9.17, 15) is 8.42 Å². The van der Waals surface area contributed by atoms with Gasteiger partial charge in [0.2, 0.25) is 0 Å². The summed E-state index contributed by atoms with van der Waals surface area (Å²) < 4.78 is 28.5. The summed E-state index contributed by atoms with van der Waals surface area (Å²) in [6, 6.07) is 12.1. The van der Waals surface area contributed by atoms with Gasteiger partial charge in [-0.3, -0.25) is 0 Å². The van der Waals surface area contributed by atoms with Crippen molar-refractivity contribution < 1.29 is 13.2 Å². The van der Waals surface area contributed by atoms with Gasteiger partial charge in [-0.25, -0.2) is 8.42 Å². The summed E-state index contributed by atoms with van der Waals surface area (Å²) in [5, 5.41) is 0. The second-order valence-electron chi connectivity index (χ2n) is 4.58. The first kappa shape index (κ1) is 14.9. The minimum absolute atomic E-state index is 0.277. The van der Waals surface area contributed by atoms with Gasteiger partial charge in [0.15, 0.2) is 9.84 Å². The Labute approximate surface area is 124 Å². The number of benzene rings is 2. The van der Waals surface area contributed by atoms with Crippen LogP contribution in [-0.4, -0.2) is 14.7 Å². The molecular weight excluding hydrogens is 296 g/mol. The molecular formula is C15H15ClO3S. The van der Waals surface area contributed by atoms with Crippen LogP contribution in [0.1, 0.15) is 11.1 Å². The number of hydrogen-bond donors (Lipinski definition) is 0. The Bertz CT molecular complexity index is 706. The average molecular weight is 311 g/mol.